The fourth-order valence-electron chi connectivity index (χ4n) is 2.84. The molecule has 0 aliphatic carbocycles. The fourth-order valence-corrected chi connectivity index (χ4v) is 4.35. The molecule has 0 bridgehead atoms. The lowest BCUT2D eigenvalue weighted by atomic mass is 10.2. The highest BCUT2D eigenvalue weighted by atomic mass is 32.2. The number of sulfonamides is 1. The van der Waals surface area contributed by atoms with Crippen LogP contribution in [-0.2, 0) is 10.0 Å². The van der Waals surface area contributed by atoms with Crippen molar-refractivity contribution in [2.75, 3.05) is 18.4 Å². The first-order valence-corrected chi connectivity index (χ1v) is 9.88. The smallest absolute Gasteiger partial charge is 0.255 e. The maximum absolute atomic E-state index is 12.6. The van der Waals surface area contributed by atoms with E-state index in [-0.39, 0.29) is 10.8 Å². The second kappa shape index (κ2) is 7.31. The number of amides is 1. The Balaban J connectivity index is 1.86. The summed E-state index contributed by atoms with van der Waals surface area (Å²) < 4.78 is 26.6. The average Bonchev–Trinajstić information content (AvgIpc) is 3.10. The van der Waals surface area contributed by atoms with Crippen molar-refractivity contribution in [3.63, 3.8) is 0 Å². The van der Waals surface area contributed by atoms with Gasteiger partial charge in [-0.05, 0) is 42.5 Å². The summed E-state index contributed by atoms with van der Waals surface area (Å²) in [7, 11) is -3.60. The summed E-state index contributed by atoms with van der Waals surface area (Å²) >= 11 is 0. The van der Waals surface area contributed by atoms with Crippen molar-refractivity contribution in [3.8, 4) is 0 Å². The molecule has 1 aromatic heterocycles. The van der Waals surface area contributed by atoms with Crippen molar-refractivity contribution >= 4 is 32.5 Å². The van der Waals surface area contributed by atoms with E-state index in [4.69, 9.17) is 0 Å². The lowest BCUT2D eigenvalue weighted by Gasteiger charge is -2.18. The lowest BCUT2D eigenvalue weighted by molar-refractivity contribution is 0.102. The molecule has 1 amide bonds. The van der Waals surface area contributed by atoms with Crippen LogP contribution >= 0.6 is 0 Å². The van der Waals surface area contributed by atoms with E-state index in [1.165, 1.54) is 16.4 Å². The Labute approximate surface area is 152 Å². The molecule has 0 spiro atoms. The number of rotatable bonds is 6. The van der Waals surface area contributed by atoms with Gasteiger partial charge < -0.3 is 10.3 Å². The summed E-state index contributed by atoms with van der Waals surface area (Å²) in [6.45, 7) is 4.33. The van der Waals surface area contributed by atoms with Gasteiger partial charge in [0.05, 0.1) is 4.90 Å². The fraction of sp³-hybridized carbons (Fsp3) is 0.211. The molecule has 0 fully saturated rings. The molecule has 0 radical (unpaired) electrons. The molecular weight excluding hydrogens is 350 g/mol. The molecule has 0 saturated heterocycles. The molecule has 0 unspecified atom stereocenters. The van der Waals surface area contributed by atoms with Gasteiger partial charge in [0.15, 0.2) is 0 Å². The minimum Gasteiger partial charge on any atom is -0.361 e. The number of nitrogens with zero attached hydrogens (tertiary/aromatic N) is 1. The maximum atomic E-state index is 12.6. The molecule has 3 aromatic rings. The van der Waals surface area contributed by atoms with Crippen molar-refractivity contribution in [2.45, 2.75) is 18.7 Å². The van der Waals surface area contributed by atoms with Crippen LogP contribution in [0.15, 0.2) is 59.6 Å². The topological polar surface area (TPSA) is 82.3 Å². The predicted molar refractivity (Wildman–Crippen MR) is 103 cm³/mol. The molecule has 0 saturated carbocycles. The Hall–Kier alpha value is -2.64. The zero-order valence-corrected chi connectivity index (χ0v) is 15.5. The molecule has 7 heteroatoms. The van der Waals surface area contributed by atoms with Gasteiger partial charge in [0, 0.05) is 41.4 Å². The number of nitrogens with one attached hydrogen (secondary N) is 2. The summed E-state index contributed by atoms with van der Waals surface area (Å²) in [6.07, 6.45) is 1.83. The third kappa shape index (κ3) is 3.49. The zero-order chi connectivity index (χ0) is 18.7. The van der Waals surface area contributed by atoms with Gasteiger partial charge in [0.1, 0.15) is 0 Å². The third-order valence-corrected chi connectivity index (χ3v) is 6.30. The Morgan fingerprint density at radius 2 is 1.85 bits per heavy atom. The molecule has 136 valence electrons. The number of anilines is 1. The number of fused-ring (bicyclic) bond motifs is 1. The van der Waals surface area contributed by atoms with Crippen LogP contribution in [0.1, 0.15) is 24.2 Å². The first kappa shape index (κ1) is 18.2. The normalized spacial score (nSPS) is 11.8. The van der Waals surface area contributed by atoms with E-state index in [1.54, 1.807) is 32.0 Å². The summed E-state index contributed by atoms with van der Waals surface area (Å²) in [6, 6.07) is 13.6. The minimum atomic E-state index is -3.60. The van der Waals surface area contributed by atoms with Crippen LogP contribution in [0.3, 0.4) is 0 Å². The van der Waals surface area contributed by atoms with Crippen LogP contribution in [0.25, 0.3) is 10.9 Å². The number of aromatic nitrogens is 1. The van der Waals surface area contributed by atoms with E-state index >= 15 is 0 Å². The van der Waals surface area contributed by atoms with Crippen molar-refractivity contribution in [2.24, 2.45) is 0 Å². The highest BCUT2D eigenvalue weighted by Gasteiger charge is 2.22. The van der Waals surface area contributed by atoms with Gasteiger partial charge in [0.25, 0.3) is 5.91 Å². The van der Waals surface area contributed by atoms with Gasteiger partial charge in [0.2, 0.25) is 10.0 Å². The summed E-state index contributed by atoms with van der Waals surface area (Å²) in [5, 5.41) is 3.80. The second-order valence-corrected chi connectivity index (χ2v) is 7.79. The Bertz CT molecular complexity index is 1040. The van der Waals surface area contributed by atoms with E-state index in [1.807, 2.05) is 24.4 Å². The van der Waals surface area contributed by atoms with E-state index in [9.17, 15) is 13.2 Å². The van der Waals surface area contributed by atoms with Crippen LogP contribution < -0.4 is 5.32 Å². The summed E-state index contributed by atoms with van der Waals surface area (Å²) in [5.41, 5.74) is 1.93. The quantitative estimate of drug-likeness (QED) is 0.696. The highest BCUT2D eigenvalue weighted by molar-refractivity contribution is 7.89. The minimum absolute atomic E-state index is 0.120. The van der Waals surface area contributed by atoms with Crippen LogP contribution in [-0.4, -0.2) is 36.7 Å². The monoisotopic (exact) mass is 371 g/mol. The van der Waals surface area contributed by atoms with E-state index in [0.717, 1.165) is 10.9 Å². The number of aromatic amines is 1. The first-order chi connectivity index (χ1) is 12.5. The molecule has 2 aromatic carbocycles. The largest absolute Gasteiger partial charge is 0.361 e. The van der Waals surface area contributed by atoms with Gasteiger partial charge in [-0.2, -0.15) is 4.31 Å². The Morgan fingerprint density at radius 3 is 2.58 bits per heavy atom. The zero-order valence-electron chi connectivity index (χ0n) is 14.7. The van der Waals surface area contributed by atoms with E-state index < -0.39 is 10.0 Å². The third-order valence-electron chi connectivity index (χ3n) is 4.25. The first-order valence-electron chi connectivity index (χ1n) is 8.44. The van der Waals surface area contributed by atoms with Gasteiger partial charge >= 0.3 is 0 Å². The van der Waals surface area contributed by atoms with Crippen molar-refractivity contribution in [3.05, 3.63) is 60.3 Å². The molecule has 3 rings (SSSR count). The van der Waals surface area contributed by atoms with Crippen molar-refractivity contribution in [1.29, 1.82) is 0 Å². The van der Waals surface area contributed by atoms with Crippen molar-refractivity contribution < 1.29 is 13.2 Å². The van der Waals surface area contributed by atoms with Crippen molar-refractivity contribution in [1.82, 2.24) is 9.29 Å². The maximum Gasteiger partial charge on any atom is 0.255 e. The van der Waals surface area contributed by atoms with E-state index in [2.05, 4.69) is 10.3 Å². The molecule has 0 aliphatic rings. The molecular formula is C19H21N3O3S. The average molecular weight is 371 g/mol. The molecule has 26 heavy (non-hydrogen) atoms. The molecule has 6 nitrogen and oxygen atoms in total. The van der Waals surface area contributed by atoms with Crippen LogP contribution in [0.2, 0.25) is 0 Å². The van der Waals surface area contributed by atoms with Gasteiger partial charge in [-0.1, -0.05) is 19.9 Å². The second-order valence-electron chi connectivity index (χ2n) is 5.85. The number of carbonyl (C=O) groups excluding carboxylic acids is 1. The summed E-state index contributed by atoms with van der Waals surface area (Å²) in [4.78, 5) is 15.8. The standard InChI is InChI=1S/C19H21N3O3S/c1-3-22(4-2)26(24,25)17-7-5-6-15(13-17)19(23)21-16-8-9-18-14(12-16)10-11-20-18/h5-13,20H,3-4H2,1-2H3,(H,21,23). The Kier molecular flexibility index (Phi) is 5.11. The SMILES string of the molecule is CCN(CC)S(=O)(=O)c1cccc(C(=O)Nc2ccc3[nH]ccc3c2)c1. The molecule has 0 aliphatic heterocycles. The number of H-pyrrole nitrogens is 1. The summed E-state index contributed by atoms with van der Waals surface area (Å²) in [5.74, 6) is -0.350. The lowest BCUT2D eigenvalue weighted by Crippen LogP contribution is -2.30. The van der Waals surface area contributed by atoms with Gasteiger partial charge in [-0.25, -0.2) is 8.42 Å². The van der Waals surface area contributed by atoms with Crippen LogP contribution in [0.4, 0.5) is 5.69 Å². The van der Waals surface area contributed by atoms with Gasteiger partial charge in [-0.3, -0.25) is 4.79 Å². The highest BCUT2D eigenvalue weighted by Crippen LogP contribution is 2.20. The van der Waals surface area contributed by atoms with E-state index in [0.29, 0.717) is 24.3 Å². The number of benzene rings is 2. The molecule has 0 atom stereocenters. The number of hydrogen-bond acceptors (Lipinski definition) is 3. The van der Waals surface area contributed by atoms with Crippen LogP contribution in [0, 0.1) is 0 Å². The molecule has 2 N–H and O–H groups in total. The van der Waals surface area contributed by atoms with Gasteiger partial charge in [-0.15, -0.1) is 0 Å². The van der Waals surface area contributed by atoms with Crippen LogP contribution in [0.5, 0.6) is 0 Å². The number of hydrogen-bond donors (Lipinski definition) is 2. The molecule has 1 heterocycles. The Morgan fingerprint density at radius 1 is 1.08 bits per heavy atom. The number of carbonyl (C=O) groups is 1. The predicted octanol–water partition coefficient (Wildman–Crippen LogP) is 3.45.